The van der Waals surface area contributed by atoms with Crippen LogP contribution in [0.3, 0.4) is 0 Å². The quantitative estimate of drug-likeness (QED) is 0.478. The molecule has 0 amide bonds. The molecule has 0 spiro atoms. The molecule has 1 heterocycles. The van der Waals surface area contributed by atoms with Crippen molar-refractivity contribution in [2.45, 2.75) is 32.2 Å². The van der Waals surface area contributed by atoms with Gasteiger partial charge in [-0.3, -0.25) is 10.1 Å². The third kappa shape index (κ3) is 3.60. The van der Waals surface area contributed by atoms with Crippen LogP contribution in [0.4, 0.5) is 11.4 Å². The summed E-state index contributed by atoms with van der Waals surface area (Å²) in [5.41, 5.74) is 1.28. The number of halogens is 1. The summed E-state index contributed by atoms with van der Waals surface area (Å²) in [4.78, 5) is 12.9. The van der Waals surface area contributed by atoms with E-state index in [1.807, 2.05) is 6.07 Å². The van der Waals surface area contributed by atoms with E-state index in [0.29, 0.717) is 6.04 Å². The first-order valence-corrected chi connectivity index (χ1v) is 8.12. The van der Waals surface area contributed by atoms with E-state index in [9.17, 15) is 10.1 Å². The van der Waals surface area contributed by atoms with Gasteiger partial charge in [-0.25, -0.2) is 0 Å². The van der Waals surface area contributed by atoms with E-state index in [4.69, 9.17) is 0 Å². The Labute approximate surface area is 133 Å². The highest BCUT2D eigenvalue weighted by Crippen LogP contribution is 2.29. The van der Waals surface area contributed by atoms with E-state index in [2.05, 4.69) is 39.7 Å². The number of hydrogen-bond donors (Lipinski definition) is 1. The highest BCUT2D eigenvalue weighted by atomic mass is 127. The van der Waals surface area contributed by atoms with Crippen molar-refractivity contribution in [3.63, 3.8) is 0 Å². The van der Waals surface area contributed by atoms with Crippen molar-refractivity contribution < 1.29 is 4.92 Å². The van der Waals surface area contributed by atoms with E-state index in [1.54, 1.807) is 12.1 Å². The van der Waals surface area contributed by atoms with Crippen LogP contribution in [0.25, 0.3) is 0 Å². The molecule has 0 bridgehead atoms. The molecule has 1 aromatic rings. The standard InChI is InChI=1S/C14H20IN3O2/c1-2-8-17(12-4-3-7-16-10-12)14-6-5-11(18(19)20)9-13(14)15/h5-6,9,12,16H,2-4,7-8,10H2,1H3. The van der Waals surface area contributed by atoms with Gasteiger partial charge in [-0.2, -0.15) is 0 Å². The predicted octanol–water partition coefficient (Wildman–Crippen LogP) is 3.17. The lowest BCUT2D eigenvalue weighted by molar-refractivity contribution is -0.384. The molecule has 110 valence electrons. The first-order valence-electron chi connectivity index (χ1n) is 7.04. The maximum absolute atomic E-state index is 10.8. The number of non-ortho nitro benzene ring substituents is 1. The minimum absolute atomic E-state index is 0.163. The second kappa shape index (κ2) is 7.21. The Hall–Kier alpha value is -0.890. The second-order valence-electron chi connectivity index (χ2n) is 5.09. The number of hydrogen-bond acceptors (Lipinski definition) is 4. The molecular weight excluding hydrogens is 369 g/mol. The Morgan fingerprint density at radius 3 is 2.90 bits per heavy atom. The number of nitro benzene ring substituents is 1. The Bertz CT molecular complexity index is 475. The topological polar surface area (TPSA) is 58.4 Å². The number of rotatable bonds is 5. The van der Waals surface area contributed by atoms with E-state index in [1.165, 1.54) is 12.8 Å². The Kier molecular flexibility index (Phi) is 5.59. The molecule has 1 saturated heterocycles. The number of nitrogens with one attached hydrogen (secondary N) is 1. The molecule has 0 aromatic heterocycles. The molecule has 6 heteroatoms. The van der Waals surface area contributed by atoms with Gasteiger partial charge in [0.1, 0.15) is 0 Å². The molecule has 20 heavy (non-hydrogen) atoms. The number of nitro groups is 1. The predicted molar refractivity (Wildman–Crippen MR) is 89.3 cm³/mol. The fraction of sp³-hybridized carbons (Fsp3) is 0.571. The summed E-state index contributed by atoms with van der Waals surface area (Å²) in [7, 11) is 0. The highest BCUT2D eigenvalue weighted by Gasteiger charge is 2.23. The van der Waals surface area contributed by atoms with Crippen LogP contribution >= 0.6 is 22.6 Å². The van der Waals surface area contributed by atoms with Crippen molar-refractivity contribution in [3.05, 3.63) is 31.9 Å². The SMILES string of the molecule is CCCN(c1ccc([N+](=O)[O-])cc1I)C1CCCNC1. The molecule has 1 aliphatic rings. The summed E-state index contributed by atoms with van der Waals surface area (Å²) in [6.07, 6.45) is 3.44. The van der Waals surface area contributed by atoms with E-state index in [0.717, 1.165) is 35.3 Å². The maximum Gasteiger partial charge on any atom is 0.270 e. The number of nitrogens with zero attached hydrogens (tertiary/aromatic N) is 2. The van der Waals surface area contributed by atoms with Gasteiger partial charge in [-0.05, 0) is 54.5 Å². The molecule has 1 unspecified atom stereocenters. The van der Waals surface area contributed by atoms with Crippen LogP contribution in [-0.2, 0) is 0 Å². The zero-order valence-electron chi connectivity index (χ0n) is 11.6. The molecular formula is C14H20IN3O2. The molecule has 0 radical (unpaired) electrons. The van der Waals surface area contributed by atoms with Crippen LogP contribution in [0.1, 0.15) is 26.2 Å². The third-order valence-electron chi connectivity index (χ3n) is 3.63. The largest absolute Gasteiger partial charge is 0.366 e. The zero-order chi connectivity index (χ0) is 14.5. The first kappa shape index (κ1) is 15.5. The van der Waals surface area contributed by atoms with Crippen molar-refractivity contribution >= 4 is 34.0 Å². The van der Waals surface area contributed by atoms with Gasteiger partial charge in [0.05, 0.1) is 10.6 Å². The molecule has 1 aliphatic heterocycles. The van der Waals surface area contributed by atoms with Crippen LogP contribution in [0.5, 0.6) is 0 Å². The second-order valence-corrected chi connectivity index (χ2v) is 6.25. The van der Waals surface area contributed by atoms with Crippen molar-refractivity contribution in [1.29, 1.82) is 0 Å². The van der Waals surface area contributed by atoms with Crippen molar-refractivity contribution in [2.24, 2.45) is 0 Å². The van der Waals surface area contributed by atoms with Gasteiger partial charge >= 0.3 is 0 Å². The lowest BCUT2D eigenvalue weighted by Gasteiger charge is -2.37. The van der Waals surface area contributed by atoms with Gasteiger partial charge in [-0.15, -0.1) is 0 Å². The van der Waals surface area contributed by atoms with Crippen LogP contribution in [0.15, 0.2) is 18.2 Å². The van der Waals surface area contributed by atoms with Gasteiger partial charge in [0.15, 0.2) is 0 Å². The van der Waals surface area contributed by atoms with Crippen molar-refractivity contribution in [1.82, 2.24) is 5.32 Å². The van der Waals surface area contributed by atoms with E-state index < -0.39 is 0 Å². The van der Waals surface area contributed by atoms with Gasteiger partial charge < -0.3 is 10.2 Å². The highest BCUT2D eigenvalue weighted by molar-refractivity contribution is 14.1. The van der Waals surface area contributed by atoms with Gasteiger partial charge in [0.2, 0.25) is 0 Å². The fourth-order valence-electron chi connectivity index (χ4n) is 2.68. The van der Waals surface area contributed by atoms with Crippen molar-refractivity contribution in [2.75, 3.05) is 24.5 Å². The van der Waals surface area contributed by atoms with E-state index >= 15 is 0 Å². The Morgan fingerprint density at radius 1 is 1.55 bits per heavy atom. The third-order valence-corrected chi connectivity index (χ3v) is 4.49. The van der Waals surface area contributed by atoms with Crippen LogP contribution < -0.4 is 10.2 Å². The molecule has 5 nitrogen and oxygen atoms in total. The van der Waals surface area contributed by atoms with Crippen LogP contribution in [0.2, 0.25) is 0 Å². The molecule has 0 saturated carbocycles. The van der Waals surface area contributed by atoms with Crippen molar-refractivity contribution in [3.8, 4) is 0 Å². The average molecular weight is 389 g/mol. The van der Waals surface area contributed by atoms with E-state index in [-0.39, 0.29) is 10.6 Å². The monoisotopic (exact) mass is 389 g/mol. The summed E-state index contributed by atoms with van der Waals surface area (Å²) in [5.74, 6) is 0. The molecule has 1 aromatic carbocycles. The fourth-order valence-corrected chi connectivity index (χ4v) is 3.49. The lowest BCUT2D eigenvalue weighted by Crippen LogP contribution is -2.46. The summed E-state index contributed by atoms with van der Waals surface area (Å²) >= 11 is 2.20. The summed E-state index contributed by atoms with van der Waals surface area (Å²) < 4.78 is 0.954. The Balaban J connectivity index is 2.26. The normalized spacial score (nSPS) is 18.8. The molecule has 1 fully saturated rings. The number of benzene rings is 1. The molecule has 1 atom stereocenters. The number of piperidine rings is 1. The smallest absolute Gasteiger partial charge is 0.270 e. The van der Waals surface area contributed by atoms with Gasteiger partial charge in [0.25, 0.3) is 5.69 Å². The maximum atomic E-state index is 10.8. The van der Waals surface area contributed by atoms with Crippen LogP contribution in [-0.4, -0.2) is 30.6 Å². The number of anilines is 1. The first-order chi connectivity index (χ1) is 9.63. The zero-order valence-corrected chi connectivity index (χ0v) is 13.8. The molecule has 2 rings (SSSR count). The summed E-state index contributed by atoms with van der Waals surface area (Å²) in [5, 5.41) is 14.3. The van der Waals surface area contributed by atoms with Crippen LogP contribution in [0, 0.1) is 13.7 Å². The molecule has 0 aliphatic carbocycles. The van der Waals surface area contributed by atoms with Gasteiger partial charge in [0, 0.05) is 34.8 Å². The summed E-state index contributed by atoms with van der Waals surface area (Å²) in [6.45, 7) is 5.24. The minimum atomic E-state index is -0.335. The average Bonchev–Trinajstić information content (AvgIpc) is 2.46. The lowest BCUT2D eigenvalue weighted by atomic mass is 10.0. The minimum Gasteiger partial charge on any atom is -0.366 e. The molecule has 1 N–H and O–H groups in total. The summed E-state index contributed by atoms with van der Waals surface area (Å²) in [6, 6.07) is 5.65. The van der Waals surface area contributed by atoms with Gasteiger partial charge in [-0.1, -0.05) is 6.92 Å². The Morgan fingerprint density at radius 2 is 2.35 bits per heavy atom.